The smallest absolute Gasteiger partial charge is 0.332 e. The van der Waals surface area contributed by atoms with Gasteiger partial charge in [-0.2, -0.15) is 0 Å². The number of hydrogen-bond donors (Lipinski definition) is 4. The summed E-state index contributed by atoms with van der Waals surface area (Å²) in [4.78, 5) is 21.8. The highest BCUT2D eigenvalue weighted by Crippen LogP contribution is 2.29. The lowest BCUT2D eigenvalue weighted by Crippen LogP contribution is -2.38. The van der Waals surface area contributed by atoms with Crippen molar-refractivity contribution in [1.82, 2.24) is 10.6 Å². The van der Waals surface area contributed by atoms with Crippen LogP contribution < -0.4 is 10.6 Å². The number of aliphatic hydroxyl groups is 1. The standard InChI is InChI=1S/C14H26N2O4/c1-10-2-4-11(5-3-10)6-8-15-14(20)16-9-7-12(17)13(18)19/h10-12,17H,2-9H2,1H3,(H,18,19)(H2,15,16,20). The molecule has 0 aromatic carbocycles. The number of hydrogen-bond acceptors (Lipinski definition) is 3. The molecule has 0 aromatic heterocycles. The summed E-state index contributed by atoms with van der Waals surface area (Å²) in [5.41, 5.74) is 0. The van der Waals surface area contributed by atoms with E-state index in [2.05, 4.69) is 17.6 Å². The van der Waals surface area contributed by atoms with Crippen LogP contribution in [-0.4, -0.2) is 41.4 Å². The van der Waals surface area contributed by atoms with Gasteiger partial charge in [0, 0.05) is 19.5 Å². The van der Waals surface area contributed by atoms with E-state index in [-0.39, 0.29) is 19.0 Å². The van der Waals surface area contributed by atoms with E-state index in [0.717, 1.165) is 12.3 Å². The molecule has 1 fully saturated rings. The van der Waals surface area contributed by atoms with Crippen molar-refractivity contribution in [3.05, 3.63) is 0 Å². The van der Waals surface area contributed by atoms with Gasteiger partial charge in [0.25, 0.3) is 0 Å². The summed E-state index contributed by atoms with van der Waals surface area (Å²) in [6, 6.07) is -0.299. The normalized spacial score (nSPS) is 23.9. The highest BCUT2D eigenvalue weighted by Gasteiger charge is 2.18. The van der Waals surface area contributed by atoms with Gasteiger partial charge in [-0.25, -0.2) is 9.59 Å². The average molecular weight is 286 g/mol. The number of urea groups is 1. The van der Waals surface area contributed by atoms with Gasteiger partial charge in [-0.1, -0.05) is 32.6 Å². The molecule has 1 aliphatic carbocycles. The van der Waals surface area contributed by atoms with E-state index in [9.17, 15) is 9.59 Å². The topological polar surface area (TPSA) is 98.7 Å². The van der Waals surface area contributed by atoms with Gasteiger partial charge in [0.1, 0.15) is 0 Å². The van der Waals surface area contributed by atoms with Gasteiger partial charge in [-0.05, 0) is 18.3 Å². The first kappa shape index (κ1) is 16.8. The summed E-state index contributed by atoms with van der Waals surface area (Å²) in [7, 11) is 0. The van der Waals surface area contributed by atoms with Crippen LogP contribution in [0.1, 0.15) is 45.4 Å². The van der Waals surface area contributed by atoms with E-state index in [4.69, 9.17) is 10.2 Å². The van der Waals surface area contributed by atoms with Crippen molar-refractivity contribution in [2.45, 2.75) is 51.6 Å². The molecular weight excluding hydrogens is 260 g/mol. The fourth-order valence-electron chi connectivity index (χ4n) is 2.52. The summed E-state index contributed by atoms with van der Waals surface area (Å²) in [6.45, 7) is 3.08. The van der Waals surface area contributed by atoms with Crippen LogP contribution in [-0.2, 0) is 4.79 Å². The highest BCUT2D eigenvalue weighted by molar-refractivity contribution is 5.74. The van der Waals surface area contributed by atoms with E-state index >= 15 is 0 Å². The number of carbonyl (C=O) groups is 2. The molecule has 1 saturated carbocycles. The summed E-state index contributed by atoms with van der Waals surface area (Å²) < 4.78 is 0. The predicted octanol–water partition coefficient (Wildman–Crippen LogP) is 1.34. The van der Waals surface area contributed by atoms with Gasteiger partial charge in [0.05, 0.1) is 0 Å². The Balaban J connectivity index is 2.01. The molecule has 0 heterocycles. The van der Waals surface area contributed by atoms with E-state index < -0.39 is 12.1 Å². The Kier molecular flexibility index (Phi) is 7.36. The molecule has 4 N–H and O–H groups in total. The number of aliphatic carboxylic acids is 1. The zero-order valence-electron chi connectivity index (χ0n) is 12.1. The van der Waals surface area contributed by atoms with Gasteiger partial charge in [-0.3, -0.25) is 0 Å². The molecule has 0 bridgehead atoms. The molecule has 0 radical (unpaired) electrons. The molecule has 0 spiro atoms. The first-order valence-electron chi connectivity index (χ1n) is 7.41. The Morgan fingerprint density at radius 1 is 1.15 bits per heavy atom. The third-order valence-corrected chi connectivity index (χ3v) is 3.96. The first-order chi connectivity index (χ1) is 9.49. The minimum atomic E-state index is -1.42. The second kappa shape index (κ2) is 8.79. The van der Waals surface area contributed by atoms with Gasteiger partial charge in [0.2, 0.25) is 0 Å². The molecule has 0 aromatic rings. The number of carboxylic acid groups (broad SMARTS) is 1. The number of amides is 2. The summed E-state index contributed by atoms with van der Waals surface area (Å²) >= 11 is 0. The largest absolute Gasteiger partial charge is 0.479 e. The number of carboxylic acids is 1. The number of nitrogens with one attached hydrogen (secondary N) is 2. The van der Waals surface area contributed by atoms with Crippen LogP contribution in [0.5, 0.6) is 0 Å². The van der Waals surface area contributed by atoms with Crippen LogP contribution in [0.2, 0.25) is 0 Å². The third-order valence-electron chi connectivity index (χ3n) is 3.96. The molecule has 20 heavy (non-hydrogen) atoms. The molecule has 0 saturated heterocycles. The first-order valence-corrected chi connectivity index (χ1v) is 7.41. The van der Waals surface area contributed by atoms with Crippen molar-refractivity contribution < 1.29 is 19.8 Å². The van der Waals surface area contributed by atoms with Gasteiger partial charge < -0.3 is 20.8 Å². The quantitative estimate of drug-likeness (QED) is 0.567. The molecule has 6 nitrogen and oxygen atoms in total. The van der Waals surface area contributed by atoms with E-state index in [1.165, 1.54) is 25.7 Å². The van der Waals surface area contributed by atoms with Crippen molar-refractivity contribution in [3.8, 4) is 0 Å². The maximum absolute atomic E-state index is 11.4. The fraction of sp³-hybridized carbons (Fsp3) is 0.857. The molecular formula is C14H26N2O4. The summed E-state index contributed by atoms with van der Waals surface area (Å²) in [5, 5.41) is 22.8. The fourth-order valence-corrected chi connectivity index (χ4v) is 2.52. The predicted molar refractivity (Wildman–Crippen MR) is 75.4 cm³/mol. The maximum Gasteiger partial charge on any atom is 0.332 e. The molecule has 0 aliphatic heterocycles. The van der Waals surface area contributed by atoms with Crippen LogP contribution in [0.25, 0.3) is 0 Å². The van der Waals surface area contributed by atoms with Crippen LogP contribution in [0.3, 0.4) is 0 Å². The Labute approximate surface area is 119 Å². The second-order valence-corrected chi connectivity index (χ2v) is 5.74. The molecule has 6 heteroatoms. The lowest BCUT2D eigenvalue weighted by Gasteiger charge is -2.26. The van der Waals surface area contributed by atoms with E-state index in [1.54, 1.807) is 0 Å². The maximum atomic E-state index is 11.4. The molecule has 1 unspecified atom stereocenters. The number of aliphatic hydroxyl groups excluding tert-OH is 1. The Hall–Kier alpha value is -1.30. The Morgan fingerprint density at radius 3 is 2.35 bits per heavy atom. The minimum Gasteiger partial charge on any atom is -0.479 e. The Morgan fingerprint density at radius 2 is 1.75 bits per heavy atom. The number of rotatable bonds is 7. The summed E-state index contributed by atoms with van der Waals surface area (Å²) in [5.74, 6) is 0.280. The van der Waals surface area contributed by atoms with Gasteiger partial charge in [-0.15, -0.1) is 0 Å². The van der Waals surface area contributed by atoms with Crippen LogP contribution in [0.4, 0.5) is 4.79 Å². The zero-order valence-corrected chi connectivity index (χ0v) is 12.1. The molecule has 1 atom stereocenters. The number of carbonyl (C=O) groups excluding carboxylic acids is 1. The monoisotopic (exact) mass is 286 g/mol. The van der Waals surface area contributed by atoms with Crippen molar-refractivity contribution in [1.29, 1.82) is 0 Å². The molecule has 116 valence electrons. The SMILES string of the molecule is CC1CCC(CCNC(=O)NCCC(O)C(=O)O)CC1. The van der Waals surface area contributed by atoms with Gasteiger partial charge in [0.15, 0.2) is 6.10 Å². The van der Waals surface area contributed by atoms with E-state index in [1.807, 2.05) is 0 Å². The molecule has 2 amide bonds. The molecule has 1 rings (SSSR count). The second-order valence-electron chi connectivity index (χ2n) is 5.74. The van der Waals surface area contributed by atoms with Crippen molar-refractivity contribution in [3.63, 3.8) is 0 Å². The van der Waals surface area contributed by atoms with Crippen molar-refractivity contribution in [2.75, 3.05) is 13.1 Å². The lowest BCUT2D eigenvalue weighted by atomic mass is 9.81. The van der Waals surface area contributed by atoms with Crippen molar-refractivity contribution in [2.24, 2.45) is 11.8 Å². The average Bonchev–Trinajstić information content (AvgIpc) is 2.40. The van der Waals surface area contributed by atoms with Crippen LogP contribution in [0.15, 0.2) is 0 Å². The van der Waals surface area contributed by atoms with Crippen LogP contribution >= 0.6 is 0 Å². The lowest BCUT2D eigenvalue weighted by molar-refractivity contribution is -0.146. The van der Waals surface area contributed by atoms with E-state index in [0.29, 0.717) is 12.5 Å². The third kappa shape index (κ3) is 6.75. The van der Waals surface area contributed by atoms with Gasteiger partial charge >= 0.3 is 12.0 Å². The minimum absolute atomic E-state index is 0.0171. The summed E-state index contributed by atoms with van der Waals surface area (Å²) in [6.07, 6.45) is 4.65. The Bertz CT molecular complexity index is 314. The zero-order chi connectivity index (χ0) is 15.0. The molecule has 1 aliphatic rings. The van der Waals surface area contributed by atoms with Crippen LogP contribution in [0, 0.1) is 11.8 Å². The van der Waals surface area contributed by atoms with Crippen molar-refractivity contribution >= 4 is 12.0 Å². The highest BCUT2D eigenvalue weighted by atomic mass is 16.4.